The number of amides is 1. The highest BCUT2D eigenvalue weighted by Gasteiger charge is 2.38. The normalized spacial score (nSPS) is 24.5. The van der Waals surface area contributed by atoms with Gasteiger partial charge in [-0.25, -0.2) is 4.79 Å². The van der Waals surface area contributed by atoms with Gasteiger partial charge in [0.2, 0.25) is 0 Å². The molecule has 4 nitrogen and oxygen atoms in total. The van der Waals surface area contributed by atoms with Crippen molar-refractivity contribution in [3.8, 4) is 0 Å². The Labute approximate surface area is 140 Å². The molecule has 1 aromatic rings. The van der Waals surface area contributed by atoms with Crippen molar-refractivity contribution in [3.05, 3.63) is 33.8 Å². The van der Waals surface area contributed by atoms with E-state index in [0.29, 0.717) is 13.0 Å². The third-order valence-electron chi connectivity index (χ3n) is 3.99. The fourth-order valence-corrected chi connectivity index (χ4v) is 3.38. The van der Waals surface area contributed by atoms with Crippen molar-refractivity contribution in [1.29, 1.82) is 0 Å². The molecule has 1 aliphatic carbocycles. The number of aliphatic hydroxyl groups is 1. The van der Waals surface area contributed by atoms with Crippen LogP contribution in [0.25, 0.3) is 0 Å². The number of ether oxygens (including phenoxy) is 1. The van der Waals surface area contributed by atoms with Crippen molar-refractivity contribution in [3.63, 3.8) is 0 Å². The number of nitrogens with one attached hydrogen (secondary N) is 1. The van der Waals surface area contributed by atoms with Crippen LogP contribution in [0.4, 0.5) is 4.79 Å². The molecule has 2 atom stereocenters. The molecule has 22 heavy (non-hydrogen) atoms. The van der Waals surface area contributed by atoms with Crippen molar-refractivity contribution in [2.75, 3.05) is 6.54 Å². The number of fused-ring (bicyclic) bond motifs is 1. The lowest BCUT2D eigenvalue weighted by Crippen LogP contribution is -2.48. The van der Waals surface area contributed by atoms with Crippen LogP contribution in [0.1, 0.15) is 38.8 Å². The molecule has 2 unspecified atom stereocenters. The van der Waals surface area contributed by atoms with Gasteiger partial charge in [0.05, 0.1) is 5.60 Å². The van der Waals surface area contributed by atoms with Gasteiger partial charge in [0.25, 0.3) is 0 Å². The van der Waals surface area contributed by atoms with E-state index in [4.69, 9.17) is 4.74 Å². The molecule has 0 saturated carbocycles. The van der Waals surface area contributed by atoms with Gasteiger partial charge in [-0.15, -0.1) is 0 Å². The molecule has 0 bridgehead atoms. The van der Waals surface area contributed by atoms with Crippen LogP contribution in [-0.4, -0.2) is 28.9 Å². The second kappa shape index (κ2) is 6.20. The van der Waals surface area contributed by atoms with Gasteiger partial charge in [0.1, 0.15) is 5.60 Å². The van der Waals surface area contributed by atoms with Crippen LogP contribution in [0, 0.1) is 5.92 Å². The van der Waals surface area contributed by atoms with Crippen molar-refractivity contribution >= 4 is 22.0 Å². The number of benzene rings is 1. The number of halogens is 1. The summed E-state index contributed by atoms with van der Waals surface area (Å²) in [6.45, 7) is 7.71. The average Bonchev–Trinajstić information content (AvgIpc) is 2.33. The summed E-state index contributed by atoms with van der Waals surface area (Å²) in [4.78, 5) is 11.8. The topological polar surface area (TPSA) is 58.6 Å². The van der Waals surface area contributed by atoms with Gasteiger partial charge >= 0.3 is 6.09 Å². The Bertz CT molecular complexity index is 564. The first kappa shape index (κ1) is 17.3. The van der Waals surface area contributed by atoms with E-state index in [1.165, 1.54) is 5.56 Å². The van der Waals surface area contributed by atoms with E-state index in [0.717, 1.165) is 16.5 Å². The fraction of sp³-hybridized carbons (Fsp3) is 0.588. The quantitative estimate of drug-likeness (QED) is 0.839. The van der Waals surface area contributed by atoms with Crippen LogP contribution in [-0.2, 0) is 17.6 Å². The van der Waals surface area contributed by atoms with Crippen molar-refractivity contribution < 1.29 is 14.6 Å². The zero-order chi connectivity index (χ0) is 16.5. The molecule has 1 amide bonds. The van der Waals surface area contributed by atoms with E-state index >= 15 is 0 Å². The predicted molar refractivity (Wildman–Crippen MR) is 89.9 cm³/mol. The first-order chi connectivity index (χ1) is 10.1. The maximum Gasteiger partial charge on any atom is 0.407 e. The average molecular weight is 370 g/mol. The second-order valence-electron chi connectivity index (χ2n) is 7.20. The highest BCUT2D eigenvalue weighted by molar-refractivity contribution is 9.10. The molecule has 122 valence electrons. The molecule has 0 aromatic heterocycles. The third-order valence-corrected chi connectivity index (χ3v) is 4.73. The maximum absolute atomic E-state index is 11.8. The first-order valence-electron chi connectivity index (χ1n) is 7.54. The van der Waals surface area contributed by atoms with Gasteiger partial charge < -0.3 is 15.2 Å². The number of carbonyl (C=O) groups excluding carboxylic acids is 1. The van der Waals surface area contributed by atoms with Crippen molar-refractivity contribution in [2.45, 2.75) is 51.7 Å². The van der Waals surface area contributed by atoms with E-state index in [1.54, 1.807) is 0 Å². The van der Waals surface area contributed by atoms with Crippen LogP contribution in [0.2, 0.25) is 0 Å². The summed E-state index contributed by atoms with van der Waals surface area (Å²) in [5.74, 6) is -0.0498. The lowest BCUT2D eigenvalue weighted by atomic mass is 9.73. The predicted octanol–water partition coefficient (Wildman–Crippen LogP) is 3.44. The minimum absolute atomic E-state index is 0.0498. The summed E-state index contributed by atoms with van der Waals surface area (Å²) in [6, 6.07) is 6.04. The monoisotopic (exact) mass is 369 g/mol. The Kier molecular flexibility index (Phi) is 4.87. The largest absolute Gasteiger partial charge is 0.444 e. The number of hydrogen-bond donors (Lipinski definition) is 2. The molecule has 0 radical (unpaired) electrons. The summed E-state index contributed by atoms with van der Waals surface area (Å²) in [5.41, 5.74) is 1.01. The second-order valence-corrected chi connectivity index (χ2v) is 8.05. The van der Waals surface area contributed by atoms with E-state index in [9.17, 15) is 9.90 Å². The van der Waals surface area contributed by atoms with Gasteiger partial charge in [-0.2, -0.15) is 0 Å². The van der Waals surface area contributed by atoms with Crippen LogP contribution in [0.5, 0.6) is 0 Å². The number of carbonyl (C=O) groups is 1. The maximum atomic E-state index is 11.8. The molecule has 5 heteroatoms. The van der Waals surface area contributed by atoms with Gasteiger partial charge in [-0.1, -0.05) is 28.1 Å². The first-order valence-corrected chi connectivity index (χ1v) is 8.33. The Morgan fingerprint density at radius 1 is 1.50 bits per heavy atom. The number of rotatable bonds is 2. The minimum atomic E-state index is -0.844. The number of hydrogen-bond acceptors (Lipinski definition) is 3. The van der Waals surface area contributed by atoms with Crippen LogP contribution < -0.4 is 5.32 Å². The van der Waals surface area contributed by atoms with E-state index < -0.39 is 17.3 Å². The van der Waals surface area contributed by atoms with Crippen LogP contribution >= 0.6 is 15.9 Å². The molecule has 0 fully saturated rings. The molecular formula is C17H24BrNO3. The Balaban J connectivity index is 2.05. The van der Waals surface area contributed by atoms with E-state index in [2.05, 4.69) is 21.2 Å². The van der Waals surface area contributed by atoms with Crippen molar-refractivity contribution in [1.82, 2.24) is 5.32 Å². The zero-order valence-electron chi connectivity index (χ0n) is 13.6. The molecule has 2 N–H and O–H groups in total. The lowest BCUT2D eigenvalue weighted by molar-refractivity contribution is -0.00892. The molecule has 2 rings (SSSR count). The molecule has 1 aromatic carbocycles. The SMILES string of the molecule is CC(C)(C)OC(=O)NCC1Cc2c(Br)cccc2CC1(C)O. The molecule has 0 spiro atoms. The standard InChI is InChI=1S/C17H24BrNO3/c1-16(2,3)22-15(20)19-10-12-8-13-11(9-17(12,4)21)6-5-7-14(13)18/h5-7,12,21H,8-10H2,1-4H3,(H,19,20). The van der Waals surface area contributed by atoms with Gasteiger partial charge in [-0.05, 0) is 51.3 Å². The lowest BCUT2D eigenvalue weighted by Gasteiger charge is -2.38. The van der Waals surface area contributed by atoms with E-state index in [1.807, 2.05) is 45.9 Å². The summed E-state index contributed by atoms with van der Waals surface area (Å²) < 4.78 is 6.31. The van der Waals surface area contributed by atoms with Gasteiger partial charge in [-0.3, -0.25) is 0 Å². The van der Waals surface area contributed by atoms with Crippen molar-refractivity contribution in [2.24, 2.45) is 5.92 Å². The molecular weight excluding hydrogens is 346 g/mol. The third kappa shape index (κ3) is 4.23. The molecule has 0 aliphatic heterocycles. The van der Waals surface area contributed by atoms with Gasteiger partial charge in [0.15, 0.2) is 0 Å². The fourth-order valence-electron chi connectivity index (χ4n) is 2.81. The molecule has 1 aliphatic rings. The van der Waals surface area contributed by atoms with Crippen LogP contribution in [0.15, 0.2) is 22.7 Å². The summed E-state index contributed by atoms with van der Waals surface area (Å²) in [7, 11) is 0. The Morgan fingerprint density at radius 2 is 2.18 bits per heavy atom. The zero-order valence-corrected chi connectivity index (χ0v) is 15.2. The smallest absolute Gasteiger partial charge is 0.407 e. The summed E-state index contributed by atoms with van der Waals surface area (Å²) in [5, 5.41) is 13.5. The summed E-state index contributed by atoms with van der Waals surface area (Å²) >= 11 is 3.57. The highest BCUT2D eigenvalue weighted by atomic mass is 79.9. The Morgan fingerprint density at radius 3 is 2.82 bits per heavy atom. The summed E-state index contributed by atoms with van der Waals surface area (Å²) in [6.07, 6.45) is 0.864. The Hall–Kier alpha value is -1.07. The van der Waals surface area contributed by atoms with E-state index in [-0.39, 0.29) is 5.92 Å². The van der Waals surface area contributed by atoms with Gasteiger partial charge in [0, 0.05) is 23.4 Å². The minimum Gasteiger partial charge on any atom is -0.444 e. The molecule has 0 saturated heterocycles. The molecule has 0 heterocycles. The number of alkyl carbamates (subject to hydrolysis) is 1. The highest BCUT2D eigenvalue weighted by Crippen LogP contribution is 2.36. The van der Waals surface area contributed by atoms with Crippen LogP contribution in [0.3, 0.4) is 0 Å².